The lowest BCUT2D eigenvalue weighted by atomic mass is 10.1. The maximum atomic E-state index is 11.7. The third kappa shape index (κ3) is 3.61. The smallest absolute Gasteiger partial charge is 0.236 e. The van der Waals surface area contributed by atoms with Gasteiger partial charge < -0.3 is 15.6 Å². The van der Waals surface area contributed by atoms with Crippen LogP contribution in [-0.4, -0.2) is 23.1 Å². The fourth-order valence-electron chi connectivity index (χ4n) is 2.37. The second-order valence-electron chi connectivity index (χ2n) is 5.11. The Balaban J connectivity index is 1.77. The fraction of sp³-hybridized carbons (Fsp3) is 0.438. The Morgan fingerprint density at radius 3 is 2.95 bits per heavy atom. The number of aromatic nitrogens is 1. The molecule has 4 heteroatoms. The lowest BCUT2D eigenvalue weighted by molar-refractivity contribution is -0.122. The molecule has 20 heavy (non-hydrogen) atoms. The van der Waals surface area contributed by atoms with E-state index in [1.54, 1.807) is 0 Å². The van der Waals surface area contributed by atoms with Crippen LogP contribution >= 0.6 is 0 Å². The van der Waals surface area contributed by atoms with E-state index in [0.717, 1.165) is 25.8 Å². The van der Waals surface area contributed by atoms with Crippen LogP contribution < -0.4 is 11.1 Å². The zero-order valence-corrected chi connectivity index (χ0v) is 12.0. The summed E-state index contributed by atoms with van der Waals surface area (Å²) in [6.45, 7) is 3.60. The summed E-state index contributed by atoms with van der Waals surface area (Å²) in [5.41, 5.74) is 7.00. The van der Waals surface area contributed by atoms with Gasteiger partial charge in [-0.05, 0) is 30.4 Å². The minimum Gasteiger partial charge on any atom is -0.355 e. The van der Waals surface area contributed by atoms with Crippen LogP contribution in [0.1, 0.15) is 26.2 Å². The number of carbonyl (C=O) groups is 1. The lowest BCUT2D eigenvalue weighted by Gasteiger charge is -2.11. The van der Waals surface area contributed by atoms with Crippen molar-refractivity contribution in [1.29, 1.82) is 0 Å². The Kier molecular flexibility index (Phi) is 5.18. The molecule has 1 atom stereocenters. The number of carbonyl (C=O) groups excluding carboxylic acids is 1. The molecule has 0 radical (unpaired) electrons. The van der Waals surface area contributed by atoms with E-state index < -0.39 is 0 Å². The molecule has 0 aliphatic rings. The highest BCUT2D eigenvalue weighted by molar-refractivity contribution is 5.81. The van der Waals surface area contributed by atoms with E-state index >= 15 is 0 Å². The molecule has 1 amide bonds. The lowest BCUT2D eigenvalue weighted by Crippen LogP contribution is -2.40. The molecule has 0 spiro atoms. The van der Waals surface area contributed by atoms with Gasteiger partial charge in [0.15, 0.2) is 0 Å². The SMILES string of the molecule is CCC[C@H](N)C(=O)NCCCn1ccc2ccccc21. The van der Waals surface area contributed by atoms with Crippen LogP contribution in [0.15, 0.2) is 36.5 Å². The van der Waals surface area contributed by atoms with Crippen LogP contribution in [0, 0.1) is 0 Å². The highest BCUT2D eigenvalue weighted by Gasteiger charge is 2.10. The molecule has 0 saturated heterocycles. The molecular formula is C16H23N3O. The van der Waals surface area contributed by atoms with E-state index in [0.29, 0.717) is 6.54 Å². The first-order valence-electron chi connectivity index (χ1n) is 7.29. The molecule has 1 aromatic heterocycles. The van der Waals surface area contributed by atoms with Crippen molar-refractivity contribution in [2.45, 2.75) is 38.8 Å². The predicted octanol–water partition coefficient (Wildman–Crippen LogP) is 2.28. The van der Waals surface area contributed by atoms with Gasteiger partial charge >= 0.3 is 0 Å². The highest BCUT2D eigenvalue weighted by atomic mass is 16.2. The number of amides is 1. The molecule has 2 rings (SSSR count). The zero-order chi connectivity index (χ0) is 14.4. The molecule has 1 heterocycles. The third-order valence-corrected chi connectivity index (χ3v) is 3.49. The normalized spacial score (nSPS) is 12.5. The van der Waals surface area contributed by atoms with Gasteiger partial charge in [0, 0.05) is 24.8 Å². The standard InChI is InChI=1S/C16H23N3O/c1-2-6-14(17)16(20)18-10-5-11-19-12-9-13-7-3-4-8-15(13)19/h3-4,7-9,12,14H,2,5-6,10-11,17H2,1H3,(H,18,20)/t14-/m0/s1. The summed E-state index contributed by atoms with van der Waals surface area (Å²) in [5.74, 6) is -0.0378. The van der Waals surface area contributed by atoms with Crippen molar-refractivity contribution < 1.29 is 4.79 Å². The van der Waals surface area contributed by atoms with Gasteiger partial charge in [-0.3, -0.25) is 4.79 Å². The van der Waals surface area contributed by atoms with Crippen molar-refractivity contribution in [3.8, 4) is 0 Å². The minimum absolute atomic E-state index is 0.0378. The summed E-state index contributed by atoms with van der Waals surface area (Å²) in [6, 6.07) is 10.1. The molecule has 0 bridgehead atoms. The van der Waals surface area contributed by atoms with Crippen LogP contribution in [0.5, 0.6) is 0 Å². The van der Waals surface area contributed by atoms with Gasteiger partial charge in [-0.2, -0.15) is 0 Å². The first-order valence-corrected chi connectivity index (χ1v) is 7.29. The molecule has 4 nitrogen and oxygen atoms in total. The van der Waals surface area contributed by atoms with Gasteiger partial charge in [0.1, 0.15) is 0 Å². The molecule has 108 valence electrons. The Bertz CT molecular complexity index is 562. The van der Waals surface area contributed by atoms with E-state index in [4.69, 9.17) is 5.73 Å². The number of nitrogens with one attached hydrogen (secondary N) is 1. The Morgan fingerprint density at radius 1 is 1.35 bits per heavy atom. The molecule has 0 aliphatic carbocycles. The monoisotopic (exact) mass is 273 g/mol. The Labute approximate surface area is 120 Å². The summed E-state index contributed by atoms with van der Waals surface area (Å²) in [5, 5.41) is 4.15. The van der Waals surface area contributed by atoms with Crippen molar-refractivity contribution in [2.24, 2.45) is 5.73 Å². The van der Waals surface area contributed by atoms with Crippen LogP contribution in [0.2, 0.25) is 0 Å². The van der Waals surface area contributed by atoms with Crippen molar-refractivity contribution >= 4 is 16.8 Å². The van der Waals surface area contributed by atoms with Gasteiger partial charge in [0.25, 0.3) is 0 Å². The van der Waals surface area contributed by atoms with Crippen molar-refractivity contribution in [3.05, 3.63) is 36.5 Å². The van der Waals surface area contributed by atoms with Crippen molar-refractivity contribution in [3.63, 3.8) is 0 Å². The number of benzene rings is 1. The third-order valence-electron chi connectivity index (χ3n) is 3.49. The number of rotatable bonds is 7. The van der Waals surface area contributed by atoms with Gasteiger partial charge in [0.2, 0.25) is 5.91 Å². The average molecular weight is 273 g/mol. The maximum Gasteiger partial charge on any atom is 0.236 e. The molecular weight excluding hydrogens is 250 g/mol. The summed E-state index contributed by atoms with van der Waals surface area (Å²) in [7, 11) is 0. The predicted molar refractivity (Wildman–Crippen MR) is 82.4 cm³/mol. The second kappa shape index (κ2) is 7.10. The summed E-state index contributed by atoms with van der Waals surface area (Å²) in [6.07, 6.45) is 4.68. The van der Waals surface area contributed by atoms with Crippen LogP contribution in [0.3, 0.4) is 0 Å². The number of hydrogen-bond donors (Lipinski definition) is 2. The van der Waals surface area contributed by atoms with E-state index in [9.17, 15) is 4.79 Å². The van der Waals surface area contributed by atoms with E-state index in [1.165, 1.54) is 10.9 Å². The largest absolute Gasteiger partial charge is 0.355 e. The summed E-state index contributed by atoms with van der Waals surface area (Å²) < 4.78 is 2.22. The van der Waals surface area contributed by atoms with Gasteiger partial charge in [-0.25, -0.2) is 0 Å². The topological polar surface area (TPSA) is 60.1 Å². The van der Waals surface area contributed by atoms with Gasteiger partial charge in [0.05, 0.1) is 6.04 Å². The quantitative estimate of drug-likeness (QED) is 0.760. The molecule has 1 aromatic carbocycles. The second-order valence-corrected chi connectivity index (χ2v) is 5.11. The number of fused-ring (bicyclic) bond motifs is 1. The summed E-state index contributed by atoms with van der Waals surface area (Å²) in [4.78, 5) is 11.7. The van der Waals surface area contributed by atoms with E-state index in [1.807, 2.05) is 19.1 Å². The number of nitrogens with zero attached hydrogens (tertiary/aromatic N) is 1. The number of aryl methyl sites for hydroxylation is 1. The molecule has 0 aliphatic heterocycles. The minimum atomic E-state index is -0.368. The fourth-order valence-corrected chi connectivity index (χ4v) is 2.37. The number of hydrogen-bond acceptors (Lipinski definition) is 2. The molecule has 0 saturated carbocycles. The van der Waals surface area contributed by atoms with Crippen LogP contribution in [0.25, 0.3) is 10.9 Å². The van der Waals surface area contributed by atoms with E-state index in [2.05, 4.69) is 34.3 Å². The first-order chi connectivity index (χ1) is 9.72. The first kappa shape index (κ1) is 14.6. The molecule has 3 N–H and O–H groups in total. The number of para-hydroxylation sites is 1. The van der Waals surface area contributed by atoms with Gasteiger partial charge in [-0.1, -0.05) is 31.5 Å². The summed E-state index contributed by atoms with van der Waals surface area (Å²) >= 11 is 0. The maximum absolute atomic E-state index is 11.7. The van der Waals surface area contributed by atoms with Gasteiger partial charge in [-0.15, -0.1) is 0 Å². The van der Waals surface area contributed by atoms with Crippen molar-refractivity contribution in [2.75, 3.05) is 6.54 Å². The zero-order valence-electron chi connectivity index (χ0n) is 12.0. The van der Waals surface area contributed by atoms with E-state index in [-0.39, 0.29) is 11.9 Å². The van der Waals surface area contributed by atoms with Crippen LogP contribution in [0.4, 0.5) is 0 Å². The van der Waals surface area contributed by atoms with Crippen molar-refractivity contribution in [1.82, 2.24) is 9.88 Å². The number of nitrogens with two attached hydrogens (primary N) is 1. The highest BCUT2D eigenvalue weighted by Crippen LogP contribution is 2.15. The Hall–Kier alpha value is -1.81. The average Bonchev–Trinajstić information content (AvgIpc) is 2.87. The molecule has 2 aromatic rings. The van der Waals surface area contributed by atoms with Crippen LogP contribution in [-0.2, 0) is 11.3 Å². The molecule has 0 fully saturated rings. The Morgan fingerprint density at radius 2 is 2.15 bits per heavy atom. The molecule has 0 unspecified atom stereocenters.